The minimum absolute atomic E-state index is 0.0219. The van der Waals surface area contributed by atoms with Crippen LogP contribution in [0.4, 0.5) is 0 Å². The maximum absolute atomic E-state index is 12.5. The van der Waals surface area contributed by atoms with E-state index in [4.69, 9.17) is 0 Å². The van der Waals surface area contributed by atoms with E-state index in [1.807, 2.05) is 0 Å². The fraction of sp³-hybridized carbons (Fsp3) is 0.955. The Morgan fingerprint density at radius 3 is 0.786 bits per heavy atom. The summed E-state index contributed by atoms with van der Waals surface area (Å²) in [5.41, 5.74) is 0. The van der Waals surface area contributed by atoms with Gasteiger partial charge < -0.3 is 15.5 Å². The molecule has 418 valence electrons. The summed E-state index contributed by atoms with van der Waals surface area (Å²) in [6.45, 7) is 4.41. The van der Waals surface area contributed by atoms with Crippen molar-refractivity contribution < 1.29 is 15.0 Å². The number of allylic oxidation sites excluding steroid dienone is 2. The standard InChI is InChI=1S/C66H131NO3/c1-3-5-7-9-11-13-15-17-19-21-23-25-27-29-31-33-35-37-39-41-43-45-47-49-51-53-55-57-59-61-65(69)64(63-68)67-66(70)62-60-58-56-54-52-50-48-46-44-42-40-38-36-34-32-30-28-26-24-22-20-18-16-14-12-10-8-6-4-2/h22,24,64-65,68-69H,3-21,23,25-63H2,1-2H3,(H,67,70)/b24-22-. The van der Waals surface area contributed by atoms with Crippen LogP contribution in [0.2, 0.25) is 0 Å². The second kappa shape index (κ2) is 62.4. The molecule has 2 atom stereocenters. The zero-order valence-corrected chi connectivity index (χ0v) is 48.3. The normalized spacial score (nSPS) is 12.7. The summed E-state index contributed by atoms with van der Waals surface area (Å²) in [6.07, 6.45) is 82.5. The van der Waals surface area contributed by atoms with Crippen molar-refractivity contribution in [3.63, 3.8) is 0 Å². The first-order valence-electron chi connectivity index (χ1n) is 32.9. The van der Waals surface area contributed by atoms with Crippen LogP contribution in [0.3, 0.4) is 0 Å². The predicted octanol–water partition coefficient (Wildman–Crippen LogP) is 22.0. The Morgan fingerprint density at radius 1 is 0.329 bits per heavy atom. The maximum atomic E-state index is 12.5. The number of carbonyl (C=O) groups excluding carboxylic acids is 1. The summed E-state index contributed by atoms with van der Waals surface area (Å²) < 4.78 is 0. The van der Waals surface area contributed by atoms with Gasteiger partial charge in [0.25, 0.3) is 0 Å². The lowest BCUT2D eigenvalue weighted by Gasteiger charge is -2.22. The van der Waals surface area contributed by atoms with Gasteiger partial charge in [-0.15, -0.1) is 0 Å². The maximum Gasteiger partial charge on any atom is 0.220 e. The molecule has 0 saturated carbocycles. The highest BCUT2D eigenvalue weighted by Crippen LogP contribution is 2.19. The van der Waals surface area contributed by atoms with Crippen molar-refractivity contribution in [3.8, 4) is 0 Å². The number of aliphatic hydroxyl groups excluding tert-OH is 2. The molecule has 0 aliphatic carbocycles. The second-order valence-electron chi connectivity index (χ2n) is 22.9. The largest absolute Gasteiger partial charge is 0.394 e. The molecule has 2 unspecified atom stereocenters. The van der Waals surface area contributed by atoms with Gasteiger partial charge in [-0.3, -0.25) is 4.79 Å². The molecule has 0 radical (unpaired) electrons. The van der Waals surface area contributed by atoms with Gasteiger partial charge in [-0.2, -0.15) is 0 Å². The van der Waals surface area contributed by atoms with Crippen molar-refractivity contribution in [3.05, 3.63) is 12.2 Å². The third-order valence-corrected chi connectivity index (χ3v) is 15.8. The monoisotopic (exact) mass is 986 g/mol. The number of unbranched alkanes of at least 4 members (excludes halogenated alkanes) is 53. The molecule has 0 saturated heterocycles. The SMILES string of the molecule is CCCCCCCCCC/C=C\CCCCCCCCCCCCCCCCCCCC(=O)NC(CO)C(O)CCCCCCCCCCCCCCCCCCCCCCCCCCCCCCC. The molecule has 0 bridgehead atoms. The molecule has 0 heterocycles. The molecular formula is C66H131NO3. The fourth-order valence-electron chi connectivity index (χ4n) is 10.8. The van der Waals surface area contributed by atoms with Gasteiger partial charge in [-0.05, 0) is 38.5 Å². The molecule has 0 aliphatic heterocycles. The molecule has 0 aromatic carbocycles. The highest BCUT2D eigenvalue weighted by molar-refractivity contribution is 5.76. The molecule has 4 nitrogen and oxygen atoms in total. The van der Waals surface area contributed by atoms with E-state index in [0.29, 0.717) is 12.8 Å². The first kappa shape index (κ1) is 69.1. The summed E-state index contributed by atoms with van der Waals surface area (Å²) in [5, 5.41) is 23.4. The van der Waals surface area contributed by atoms with Crippen LogP contribution in [0.5, 0.6) is 0 Å². The summed E-state index contributed by atoms with van der Waals surface area (Å²) >= 11 is 0. The van der Waals surface area contributed by atoms with Crippen LogP contribution in [0.25, 0.3) is 0 Å². The Kier molecular flexibility index (Phi) is 61.6. The van der Waals surface area contributed by atoms with Gasteiger partial charge in [-0.1, -0.05) is 353 Å². The van der Waals surface area contributed by atoms with Gasteiger partial charge >= 0.3 is 0 Å². The van der Waals surface area contributed by atoms with Gasteiger partial charge in [0.15, 0.2) is 0 Å². The smallest absolute Gasteiger partial charge is 0.220 e. The lowest BCUT2D eigenvalue weighted by atomic mass is 10.0. The Balaban J connectivity index is 3.38. The Hall–Kier alpha value is -0.870. The molecule has 1 amide bonds. The Bertz CT molecular complexity index is 982. The Labute approximate surface area is 441 Å². The number of nitrogens with one attached hydrogen (secondary N) is 1. The first-order valence-corrected chi connectivity index (χ1v) is 32.9. The van der Waals surface area contributed by atoms with Crippen LogP contribution in [0, 0.1) is 0 Å². The minimum Gasteiger partial charge on any atom is -0.394 e. The lowest BCUT2D eigenvalue weighted by Crippen LogP contribution is -2.45. The number of hydrogen-bond donors (Lipinski definition) is 3. The van der Waals surface area contributed by atoms with Crippen molar-refractivity contribution in [2.45, 2.75) is 398 Å². The van der Waals surface area contributed by atoms with E-state index in [1.54, 1.807) is 0 Å². The first-order chi connectivity index (χ1) is 34.7. The van der Waals surface area contributed by atoms with Crippen molar-refractivity contribution in [2.75, 3.05) is 6.61 Å². The number of carbonyl (C=O) groups is 1. The third kappa shape index (κ3) is 58.0. The Morgan fingerprint density at radius 2 is 0.543 bits per heavy atom. The molecular weight excluding hydrogens is 855 g/mol. The molecule has 4 heteroatoms. The minimum atomic E-state index is -0.658. The highest BCUT2D eigenvalue weighted by atomic mass is 16.3. The van der Waals surface area contributed by atoms with Crippen molar-refractivity contribution in [1.29, 1.82) is 0 Å². The molecule has 0 spiro atoms. The van der Waals surface area contributed by atoms with Gasteiger partial charge in [0.2, 0.25) is 5.91 Å². The van der Waals surface area contributed by atoms with Crippen molar-refractivity contribution in [1.82, 2.24) is 5.32 Å². The van der Waals surface area contributed by atoms with E-state index in [9.17, 15) is 15.0 Å². The van der Waals surface area contributed by atoms with E-state index in [-0.39, 0.29) is 12.5 Å². The number of amides is 1. The van der Waals surface area contributed by atoms with E-state index in [2.05, 4.69) is 31.3 Å². The fourth-order valence-corrected chi connectivity index (χ4v) is 10.8. The quantitative estimate of drug-likeness (QED) is 0.0420. The third-order valence-electron chi connectivity index (χ3n) is 15.8. The van der Waals surface area contributed by atoms with Gasteiger partial charge in [0.05, 0.1) is 18.8 Å². The summed E-state index contributed by atoms with van der Waals surface area (Å²) in [4.78, 5) is 12.5. The molecule has 0 rings (SSSR count). The van der Waals surface area contributed by atoms with E-state index >= 15 is 0 Å². The second-order valence-corrected chi connectivity index (χ2v) is 22.9. The molecule has 0 fully saturated rings. The van der Waals surface area contributed by atoms with Crippen LogP contribution in [-0.2, 0) is 4.79 Å². The topological polar surface area (TPSA) is 69.6 Å². The molecule has 3 N–H and O–H groups in total. The number of hydrogen-bond acceptors (Lipinski definition) is 3. The highest BCUT2D eigenvalue weighted by Gasteiger charge is 2.20. The average Bonchev–Trinajstić information content (AvgIpc) is 3.36. The number of aliphatic hydroxyl groups is 2. The van der Waals surface area contributed by atoms with Crippen LogP contribution in [0.15, 0.2) is 12.2 Å². The zero-order chi connectivity index (χ0) is 50.6. The van der Waals surface area contributed by atoms with Gasteiger partial charge in [-0.25, -0.2) is 0 Å². The van der Waals surface area contributed by atoms with E-state index in [0.717, 1.165) is 25.7 Å². The summed E-state index contributed by atoms with van der Waals surface area (Å²) in [5.74, 6) is -0.0219. The summed E-state index contributed by atoms with van der Waals surface area (Å²) in [6, 6.07) is -0.534. The lowest BCUT2D eigenvalue weighted by molar-refractivity contribution is -0.123. The van der Waals surface area contributed by atoms with Gasteiger partial charge in [0.1, 0.15) is 0 Å². The van der Waals surface area contributed by atoms with Crippen LogP contribution in [0.1, 0.15) is 386 Å². The summed E-state index contributed by atoms with van der Waals surface area (Å²) in [7, 11) is 0. The van der Waals surface area contributed by atoms with Crippen LogP contribution < -0.4 is 5.32 Å². The molecule has 70 heavy (non-hydrogen) atoms. The van der Waals surface area contributed by atoms with E-state index < -0.39 is 12.1 Å². The van der Waals surface area contributed by atoms with Crippen LogP contribution >= 0.6 is 0 Å². The van der Waals surface area contributed by atoms with Crippen molar-refractivity contribution in [2.24, 2.45) is 0 Å². The number of rotatable bonds is 62. The van der Waals surface area contributed by atoms with Crippen LogP contribution in [-0.4, -0.2) is 34.9 Å². The molecule has 0 aromatic heterocycles. The van der Waals surface area contributed by atoms with E-state index in [1.165, 1.54) is 334 Å². The van der Waals surface area contributed by atoms with Gasteiger partial charge in [0, 0.05) is 6.42 Å². The zero-order valence-electron chi connectivity index (χ0n) is 48.3. The average molecular weight is 987 g/mol. The molecule has 0 aromatic rings. The molecule has 0 aliphatic rings. The van der Waals surface area contributed by atoms with Crippen molar-refractivity contribution >= 4 is 5.91 Å². The predicted molar refractivity (Wildman–Crippen MR) is 313 cm³/mol.